The lowest BCUT2D eigenvalue weighted by Gasteiger charge is -2.21. The van der Waals surface area contributed by atoms with Crippen molar-refractivity contribution in [2.45, 2.75) is 26.9 Å². The molecule has 18 heavy (non-hydrogen) atoms. The molecule has 0 aromatic carbocycles. The van der Waals surface area contributed by atoms with Crippen LogP contribution in [0.25, 0.3) is 0 Å². The minimum absolute atomic E-state index is 0.408. The van der Waals surface area contributed by atoms with Crippen LogP contribution >= 0.6 is 0 Å². The zero-order valence-corrected chi connectivity index (χ0v) is 11.6. The van der Waals surface area contributed by atoms with Crippen LogP contribution in [0.15, 0.2) is 12.1 Å². The van der Waals surface area contributed by atoms with Gasteiger partial charge in [0, 0.05) is 13.6 Å². The van der Waals surface area contributed by atoms with Gasteiger partial charge in [0.05, 0.1) is 18.4 Å². The van der Waals surface area contributed by atoms with E-state index in [2.05, 4.69) is 18.8 Å². The second kappa shape index (κ2) is 6.44. The fourth-order valence-corrected chi connectivity index (χ4v) is 1.51. The van der Waals surface area contributed by atoms with Crippen molar-refractivity contribution in [3.05, 3.63) is 12.1 Å². The van der Waals surface area contributed by atoms with E-state index in [1.807, 2.05) is 18.0 Å². The number of anilines is 2. The number of aliphatic hydroxyl groups is 1. The quantitative estimate of drug-likeness (QED) is 0.804. The molecule has 0 saturated carbocycles. The fraction of sp³-hybridized carbons (Fsp3) is 0.615. The topological polar surface area (TPSA) is 71.6 Å². The van der Waals surface area contributed by atoms with Crippen molar-refractivity contribution in [3.63, 3.8) is 0 Å². The highest BCUT2D eigenvalue weighted by Crippen LogP contribution is 2.23. The van der Waals surface area contributed by atoms with E-state index in [0.717, 1.165) is 5.82 Å². The van der Waals surface area contributed by atoms with E-state index in [0.29, 0.717) is 30.6 Å². The minimum atomic E-state index is -0.408. The predicted molar refractivity (Wildman–Crippen MR) is 73.9 cm³/mol. The summed E-state index contributed by atoms with van der Waals surface area (Å²) in [7, 11) is 1.87. The number of pyridine rings is 1. The number of ether oxygens (including phenoxy) is 1. The van der Waals surface area contributed by atoms with Crippen LogP contribution in [-0.2, 0) is 0 Å². The zero-order valence-electron chi connectivity index (χ0n) is 11.6. The van der Waals surface area contributed by atoms with Gasteiger partial charge in [-0.25, -0.2) is 0 Å². The minimum Gasteiger partial charge on any atom is -0.476 e. The summed E-state index contributed by atoms with van der Waals surface area (Å²) in [6, 6.07) is 3.59. The van der Waals surface area contributed by atoms with E-state index >= 15 is 0 Å². The third-order valence-electron chi connectivity index (χ3n) is 2.36. The monoisotopic (exact) mass is 253 g/mol. The van der Waals surface area contributed by atoms with E-state index in [1.165, 1.54) is 0 Å². The molecule has 0 saturated heterocycles. The largest absolute Gasteiger partial charge is 0.476 e. The fourth-order valence-electron chi connectivity index (χ4n) is 1.51. The molecule has 0 amide bonds. The lowest BCUT2D eigenvalue weighted by atomic mass is 10.2. The van der Waals surface area contributed by atoms with Gasteiger partial charge in [-0.2, -0.15) is 4.98 Å². The molecule has 1 unspecified atom stereocenters. The molecule has 1 heterocycles. The smallest absolute Gasteiger partial charge is 0.239 e. The highest BCUT2D eigenvalue weighted by atomic mass is 16.5. The van der Waals surface area contributed by atoms with Gasteiger partial charge in [-0.1, -0.05) is 13.8 Å². The third-order valence-corrected chi connectivity index (χ3v) is 2.36. The van der Waals surface area contributed by atoms with Crippen molar-refractivity contribution >= 4 is 11.5 Å². The molecule has 3 N–H and O–H groups in total. The van der Waals surface area contributed by atoms with Gasteiger partial charge in [0.15, 0.2) is 0 Å². The van der Waals surface area contributed by atoms with Gasteiger partial charge >= 0.3 is 0 Å². The zero-order chi connectivity index (χ0) is 13.7. The maximum absolute atomic E-state index is 9.36. The number of nitrogens with two attached hydrogens (primary N) is 1. The summed E-state index contributed by atoms with van der Waals surface area (Å²) >= 11 is 0. The van der Waals surface area contributed by atoms with Gasteiger partial charge in [0.25, 0.3) is 0 Å². The second-order valence-corrected chi connectivity index (χ2v) is 5.00. The molecule has 5 nitrogen and oxygen atoms in total. The van der Waals surface area contributed by atoms with Crippen molar-refractivity contribution in [2.75, 3.05) is 30.8 Å². The molecule has 0 aliphatic rings. The number of aromatic nitrogens is 1. The standard InChI is InChI=1S/C13H23N3O2/c1-9(2)8-18-13-11(14)5-6-12(15-13)16(4)7-10(3)17/h5-6,9-10,17H,7-8,14H2,1-4H3. The molecule has 0 aliphatic carbocycles. The summed E-state index contributed by atoms with van der Waals surface area (Å²) in [6.07, 6.45) is -0.408. The van der Waals surface area contributed by atoms with Crippen molar-refractivity contribution in [1.82, 2.24) is 4.98 Å². The molecule has 102 valence electrons. The van der Waals surface area contributed by atoms with Crippen LogP contribution in [0.5, 0.6) is 5.88 Å². The van der Waals surface area contributed by atoms with Crippen LogP contribution in [0.3, 0.4) is 0 Å². The van der Waals surface area contributed by atoms with E-state index in [9.17, 15) is 5.11 Å². The number of nitrogens with zero attached hydrogens (tertiary/aromatic N) is 2. The van der Waals surface area contributed by atoms with Crippen LogP contribution in [0.4, 0.5) is 11.5 Å². The Morgan fingerprint density at radius 1 is 1.39 bits per heavy atom. The van der Waals surface area contributed by atoms with Gasteiger partial charge < -0.3 is 20.5 Å². The Bertz CT molecular complexity index is 380. The number of rotatable bonds is 6. The molecule has 1 atom stereocenters. The van der Waals surface area contributed by atoms with Crippen molar-refractivity contribution in [2.24, 2.45) is 5.92 Å². The van der Waals surface area contributed by atoms with Crippen LogP contribution < -0.4 is 15.4 Å². The average molecular weight is 253 g/mol. The second-order valence-electron chi connectivity index (χ2n) is 5.00. The first-order chi connectivity index (χ1) is 8.40. The molecule has 1 aromatic rings. The lowest BCUT2D eigenvalue weighted by Crippen LogP contribution is -2.27. The lowest BCUT2D eigenvalue weighted by molar-refractivity contribution is 0.201. The van der Waals surface area contributed by atoms with Crippen molar-refractivity contribution in [3.8, 4) is 5.88 Å². The third kappa shape index (κ3) is 4.41. The van der Waals surface area contributed by atoms with E-state index in [-0.39, 0.29) is 0 Å². The van der Waals surface area contributed by atoms with Gasteiger partial charge in [0.2, 0.25) is 5.88 Å². The highest BCUT2D eigenvalue weighted by molar-refractivity contribution is 5.54. The van der Waals surface area contributed by atoms with Gasteiger partial charge in [-0.3, -0.25) is 0 Å². The molecule has 1 aromatic heterocycles. The van der Waals surface area contributed by atoms with E-state index in [4.69, 9.17) is 10.5 Å². The summed E-state index contributed by atoms with van der Waals surface area (Å²) in [6.45, 7) is 6.98. The van der Waals surface area contributed by atoms with E-state index in [1.54, 1.807) is 13.0 Å². The molecule has 0 bridgehead atoms. The molecule has 0 radical (unpaired) electrons. The Balaban J connectivity index is 2.79. The summed E-state index contributed by atoms with van der Waals surface area (Å²) in [4.78, 5) is 6.23. The molecule has 0 aliphatic heterocycles. The number of likely N-dealkylation sites (N-methyl/N-ethyl adjacent to an activating group) is 1. The van der Waals surface area contributed by atoms with Crippen LogP contribution in [0.1, 0.15) is 20.8 Å². The van der Waals surface area contributed by atoms with Crippen molar-refractivity contribution < 1.29 is 9.84 Å². The Kier molecular flexibility index (Phi) is 5.22. The van der Waals surface area contributed by atoms with Crippen LogP contribution in [0, 0.1) is 5.92 Å². The first-order valence-corrected chi connectivity index (χ1v) is 6.18. The molecular formula is C13H23N3O2. The Morgan fingerprint density at radius 2 is 2.06 bits per heavy atom. The van der Waals surface area contributed by atoms with Gasteiger partial charge in [-0.05, 0) is 25.0 Å². The summed E-state index contributed by atoms with van der Waals surface area (Å²) in [5.74, 6) is 1.62. The molecule has 0 spiro atoms. The number of hydrogen-bond acceptors (Lipinski definition) is 5. The summed E-state index contributed by atoms with van der Waals surface area (Å²) in [5, 5.41) is 9.36. The van der Waals surface area contributed by atoms with Crippen LogP contribution in [0.2, 0.25) is 0 Å². The van der Waals surface area contributed by atoms with Gasteiger partial charge in [-0.15, -0.1) is 0 Å². The average Bonchev–Trinajstić information content (AvgIpc) is 2.26. The first-order valence-electron chi connectivity index (χ1n) is 6.18. The van der Waals surface area contributed by atoms with E-state index < -0.39 is 6.10 Å². The Hall–Kier alpha value is -1.49. The molecule has 1 rings (SSSR count). The molecule has 0 fully saturated rings. The SMILES string of the molecule is CC(C)COc1nc(N(C)CC(C)O)ccc1N. The summed E-state index contributed by atoms with van der Waals surface area (Å²) < 4.78 is 5.57. The summed E-state index contributed by atoms with van der Waals surface area (Å²) in [5.41, 5.74) is 6.35. The number of hydrogen-bond donors (Lipinski definition) is 2. The van der Waals surface area contributed by atoms with Crippen molar-refractivity contribution in [1.29, 1.82) is 0 Å². The number of nitrogen functional groups attached to an aromatic ring is 1. The molecular weight excluding hydrogens is 230 g/mol. The normalized spacial score (nSPS) is 12.6. The van der Waals surface area contributed by atoms with Crippen LogP contribution in [-0.4, -0.2) is 36.4 Å². The Morgan fingerprint density at radius 3 is 2.61 bits per heavy atom. The van der Waals surface area contributed by atoms with Gasteiger partial charge in [0.1, 0.15) is 5.82 Å². The number of aliphatic hydroxyl groups excluding tert-OH is 1. The highest BCUT2D eigenvalue weighted by Gasteiger charge is 2.10. The maximum atomic E-state index is 9.36. The molecule has 5 heteroatoms. The predicted octanol–water partition coefficient (Wildman–Crippen LogP) is 1.52. The first kappa shape index (κ1) is 14.6. The Labute approximate surface area is 109 Å². The maximum Gasteiger partial charge on any atom is 0.239 e.